The third kappa shape index (κ3) is 2.06. The van der Waals surface area contributed by atoms with Crippen LogP contribution in [0.5, 0.6) is 0 Å². The first kappa shape index (κ1) is 11.4. The van der Waals surface area contributed by atoms with Crippen LogP contribution in [0.25, 0.3) is 0 Å². The minimum absolute atomic E-state index is 0.668. The molecule has 1 nitrogen and oxygen atoms in total. The summed E-state index contributed by atoms with van der Waals surface area (Å²) in [6.45, 7) is 10.7. The maximum Gasteiger partial charge on any atom is 0.0263 e. The van der Waals surface area contributed by atoms with Gasteiger partial charge in [0, 0.05) is 23.2 Å². The summed E-state index contributed by atoms with van der Waals surface area (Å²) in [6, 6.07) is 0.668. The van der Waals surface area contributed by atoms with Crippen molar-refractivity contribution in [3.8, 4) is 0 Å². The molecule has 0 radical (unpaired) electrons. The van der Waals surface area contributed by atoms with Gasteiger partial charge in [0.15, 0.2) is 0 Å². The molecular formula is C13H23NS. The normalized spacial score (nSPS) is 32.2. The number of allylic oxidation sites excluding steroid dienone is 2. The molecule has 0 aromatic carbocycles. The van der Waals surface area contributed by atoms with Gasteiger partial charge in [-0.15, -0.1) is 11.8 Å². The Balaban J connectivity index is 2.32. The Bertz CT molecular complexity index is 270. The van der Waals surface area contributed by atoms with Gasteiger partial charge in [0.1, 0.15) is 0 Å². The maximum absolute atomic E-state index is 2.66. The molecular weight excluding hydrogens is 202 g/mol. The lowest BCUT2D eigenvalue weighted by Crippen LogP contribution is -2.32. The molecule has 0 spiro atoms. The van der Waals surface area contributed by atoms with Crippen molar-refractivity contribution < 1.29 is 0 Å². The fraction of sp³-hybridized carbons (Fsp3) is 0.846. The van der Waals surface area contributed by atoms with E-state index in [1.807, 2.05) is 0 Å². The maximum atomic E-state index is 2.66. The first-order valence-corrected chi connectivity index (χ1v) is 7.23. The van der Waals surface area contributed by atoms with Crippen molar-refractivity contribution >= 4 is 11.8 Å². The highest BCUT2D eigenvalue weighted by Gasteiger charge is 2.33. The van der Waals surface area contributed by atoms with E-state index in [9.17, 15) is 0 Å². The Morgan fingerprint density at radius 2 is 2.00 bits per heavy atom. The number of thioether (sulfide) groups is 1. The standard InChI is InChI=1S/C13H23NS/c1-9(2)14-6-5-7-15-13-11(4)8-10(3)12(13)14/h9-11H,5-8H2,1-4H3. The van der Waals surface area contributed by atoms with Crippen LogP contribution in [0.4, 0.5) is 0 Å². The fourth-order valence-electron chi connectivity index (χ4n) is 2.96. The van der Waals surface area contributed by atoms with Gasteiger partial charge in [0.2, 0.25) is 0 Å². The largest absolute Gasteiger partial charge is 0.372 e. The Morgan fingerprint density at radius 3 is 2.67 bits per heavy atom. The van der Waals surface area contributed by atoms with Gasteiger partial charge >= 0.3 is 0 Å². The number of nitrogens with zero attached hydrogens (tertiary/aromatic N) is 1. The van der Waals surface area contributed by atoms with Gasteiger partial charge in [0.05, 0.1) is 0 Å². The van der Waals surface area contributed by atoms with E-state index in [0.29, 0.717) is 6.04 Å². The number of rotatable bonds is 1. The molecule has 1 heterocycles. The fourth-order valence-corrected chi connectivity index (χ4v) is 4.30. The molecule has 0 saturated heterocycles. The van der Waals surface area contributed by atoms with E-state index < -0.39 is 0 Å². The molecule has 2 aliphatic rings. The van der Waals surface area contributed by atoms with Crippen LogP contribution in [-0.4, -0.2) is 23.2 Å². The molecule has 1 aliphatic heterocycles. The van der Waals surface area contributed by atoms with Gasteiger partial charge in [-0.25, -0.2) is 0 Å². The van der Waals surface area contributed by atoms with Crippen LogP contribution in [0, 0.1) is 11.8 Å². The second kappa shape index (κ2) is 4.40. The van der Waals surface area contributed by atoms with E-state index in [4.69, 9.17) is 0 Å². The molecule has 0 amide bonds. The van der Waals surface area contributed by atoms with Gasteiger partial charge < -0.3 is 4.90 Å². The van der Waals surface area contributed by atoms with Crippen molar-refractivity contribution in [1.82, 2.24) is 4.90 Å². The molecule has 86 valence electrons. The van der Waals surface area contributed by atoms with Crippen LogP contribution in [0.3, 0.4) is 0 Å². The van der Waals surface area contributed by atoms with Gasteiger partial charge in [-0.1, -0.05) is 13.8 Å². The van der Waals surface area contributed by atoms with E-state index in [1.54, 1.807) is 10.6 Å². The zero-order valence-corrected chi connectivity index (χ0v) is 11.2. The zero-order valence-electron chi connectivity index (χ0n) is 10.4. The predicted molar refractivity (Wildman–Crippen MR) is 68.9 cm³/mol. The average molecular weight is 225 g/mol. The second-order valence-corrected chi connectivity index (χ2v) is 6.41. The minimum Gasteiger partial charge on any atom is -0.372 e. The third-order valence-electron chi connectivity index (χ3n) is 3.61. The van der Waals surface area contributed by atoms with E-state index in [2.05, 4.69) is 44.4 Å². The Morgan fingerprint density at radius 1 is 1.27 bits per heavy atom. The monoisotopic (exact) mass is 225 g/mol. The summed E-state index contributed by atoms with van der Waals surface area (Å²) in [6.07, 6.45) is 2.70. The highest BCUT2D eigenvalue weighted by atomic mass is 32.2. The average Bonchev–Trinajstić information content (AvgIpc) is 2.40. The third-order valence-corrected chi connectivity index (χ3v) is 5.02. The van der Waals surface area contributed by atoms with Crippen molar-refractivity contribution in [2.45, 2.75) is 46.6 Å². The summed E-state index contributed by atoms with van der Waals surface area (Å²) in [5.74, 6) is 2.90. The van der Waals surface area contributed by atoms with Crippen molar-refractivity contribution in [2.75, 3.05) is 12.3 Å². The quantitative estimate of drug-likeness (QED) is 0.669. The summed E-state index contributed by atoms with van der Waals surface area (Å²) in [4.78, 5) is 4.36. The first-order valence-electron chi connectivity index (χ1n) is 6.24. The lowest BCUT2D eigenvalue weighted by atomic mass is 10.0. The summed E-state index contributed by atoms with van der Waals surface area (Å²) >= 11 is 2.13. The number of hydrogen-bond acceptors (Lipinski definition) is 2. The molecule has 0 aromatic heterocycles. The molecule has 0 aromatic rings. The molecule has 2 rings (SSSR count). The van der Waals surface area contributed by atoms with E-state index in [1.165, 1.54) is 25.1 Å². The Hall–Kier alpha value is -0.110. The summed E-state index contributed by atoms with van der Waals surface area (Å²) in [7, 11) is 0. The highest BCUT2D eigenvalue weighted by Crippen LogP contribution is 2.46. The Kier molecular flexibility index (Phi) is 3.34. The lowest BCUT2D eigenvalue weighted by Gasteiger charge is -2.32. The van der Waals surface area contributed by atoms with Crippen LogP contribution in [0.2, 0.25) is 0 Å². The summed E-state index contributed by atoms with van der Waals surface area (Å²) in [5, 5.41) is 0. The number of hydrogen-bond donors (Lipinski definition) is 0. The SMILES string of the molecule is CC1CC(C)C2=C1SCCCN2C(C)C. The molecule has 0 N–H and O–H groups in total. The molecule has 0 bridgehead atoms. The lowest BCUT2D eigenvalue weighted by molar-refractivity contribution is 0.260. The van der Waals surface area contributed by atoms with Crippen LogP contribution in [-0.2, 0) is 0 Å². The molecule has 0 fully saturated rings. The van der Waals surface area contributed by atoms with E-state index in [-0.39, 0.29) is 0 Å². The first-order chi connectivity index (χ1) is 7.11. The van der Waals surface area contributed by atoms with Crippen LogP contribution < -0.4 is 0 Å². The van der Waals surface area contributed by atoms with Gasteiger partial charge in [0.25, 0.3) is 0 Å². The molecule has 2 atom stereocenters. The van der Waals surface area contributed by atoms with Crippen molar-refractivity contribution in [3.63, 3.8) is 0 Å². The van der Waals surface area contributed by atoms with E-state index >= 15 is 0 Å². The predicted octanol–water partition coefficient (Wildman–Crippen LogP) is 3.72. The van der Waals surface area contributed by atoms with E-state index in [0.717, 1.165) is 11.8 Å². The van der Waals surface area contributed by atoms with Crippen LogP contribution in [0.15, 0.2) is 10.6 Å². The molecule has 15 heavy (non-hydrogen) atoms. The highest BCUT2D eigenvalue weighted by molar-refractivity contribution is 8.03. The van der Waals surface area contributed by atoms with Crippen molar-refractivity contribution in [2.24, 2.45) is 11.8 Å². The van der Waals surface area contributed by atoms with Crippen molar-refractivity contribution in [3.05, 3.63) is 10.6 Å². The topological polar surface area (TPSA) is 3.24 Å². The summed E-state index contributed by atoms with van der Waals surface area (Å²) in [5.41, 5.74) is 1.68. The smallest absolute Gasteiger partial charge is 0.0263 e. The second-order valence-electron chi connectivity index (χ2n) is 5.28. The van der Waals surface area contributed by atoms with Crippen LogP contribution in [0.1, 0.15) is 40.5 Å². The molecule has 2 heteroatoms. The van der Waals surface area contributed by atoms with Crippen molar-refractivity contribution in [1.29, 1.82) is 0 Å². The molecule has 2 unspecified atom stereocenters. The molecule has 0 saturated carbocycles. The molecule has 1 aliphatic carbocycles. The van der Waals surface area contributed by atoms with Gasteiger partial charge in [-0.3, -0.25) is 0 Å². The summed E-state index contributed by atoms with van der Waals surface area (Å²) < 4.78 is 0. The minimum atomic E-state index is 0.668. The van der Waals surface area contributed by atoms with Gasteiger partial charge in [-0.05, 0) is 44.3 Å². The van der Waals surface area contributed by atoms with Gasteiger partial charge in [-0.2, -0.15) is 0 Å². The zero-order chi connectivity index (χ0) is 11.0. The Labute approximate surface area is 98.3 Å². The van der Waals surface area contributed by atoms with Crippen LogP contribution >= 0.6 is 11.8 Å².